The number of aliphatic carboxylic acids is 1. The Kier molecular flexibility index (Phi) is 3.71. The van der Waals surface area contributed by atoms with Crippen molar-refractivity contribution >= 4 is 5.97 Å². The zero-order valence-corrected chi connectivity index (χ0v) is 11.0. The van der Waals surface area contributed by atoms with Gasteiger partial charge in [-0.05, 0) is 29.9 Å². The molecule has 1 aromatic rings. The lowest BCUT2D eigenvalue weighted by Crippen LogP contribution is -2.47. The molecule has 0 aliphatic heterocycles. The lowest BCUT2D eigenvalue weighted by atomic mass is 9.80. The third-order valence-electron chi connectivity index (χ3n) is 3.48. The summed E-state index contributed by atoms with van der Waals surface area (Å²) in [5.41, 5.74) is 1.33. The highest BCUT2D eigenvalue weighted by molar-refractivity contribution is 5.78. The molecule has 2 rings (SSSR count). The largest absolute Gasteiger partial charge is 0.479 e. The fraction of sp³-hybridized carbons (Fsp3) is 0.533. The molecule has 3 heteroatoms. The first-order chi connectivity index (χ1) is 8.53. The summed E-state index contributed by atoms with van der Waals surface area (Å²) in [7, 11) is 0. The van der Waals surface area contributed by atoms with E-state index in [4.69, 9.17) is 4.74 Å². The zero-order chi connectivity index (χ0) is 13.2. The maximum atomic E-state index is 11.6. The van der Waals surface area contributed by atoms with Crippen LogP contribution in [0.1, 0.15) is 31.4 Å². The molecular weight excluding hydrogens is 228 g/mol. The molecule has 98 valence electrons. The van der Waals surface area contributed by atoms with Gasteiger partial charge in [0.05, 0.1) is 6.61 Å². The summed E-state index contributed by atoms with van der Waals surface area (Å²) < 4.78 is 5.75. The van der Waals surface area contributed by atoms with Crippen LogP contribution in [0.25, 0.3) is 0 Å². The van der Waals surface area contributed by atoms with Crippen LogP contribution >= 0.6 is 0 Å². The third kappa shape index (κ3) is 2.56. The molecule has 1 atom stereocenters. The first-order valence-corrected chi connectivity index (χ1v) is 6.48. The Morgan fingerprint density at radius 1 is 1.39 bits per heavy atom. The number of benzene rings is 1. The number of carboxylic acid groups (broad SMARTS) is 1. The SMILES string of the molecule is CC(C)COC1(C(=O)O)CCc2ccccc2C1. The van der Waals surface area contributed by atoms with Crippen molar-refractivity contribution in [3.8, 4) is 0 Å². The van der Waals surface area contributed by atoms with Gasteiger partial charge in [0.25, 0.3) is 0 Å². The second-order valence-electron chi connectivity index (χ2n) is 5.45. The first kappa shape index (κ1) is 13.1. The summed E-state index contributed by atoms with van der Waals surface area (Å²) in [5.74, 6) is -0.490. The minimum absolute atomic E-state index is 0.346. The molecule has 0 spiro atoms. The molecule has 1 aromatic carbocycles. The highest BCUT2D eigenvalue weighted by Crippen LogP contribution is 2.32. The molecule has 3 nitrogen and oxygen atoms in total. The average Bonchev–Trinajstić information content (AvgIpc) is 2.36. The van der Waals surface area contributed by atoms with Crippen LogP contribution in [0.3, 0.4) is 0 Å². The highest BCUT2D eigenvalue weighted by atomic mass is 16.5. The van der Waals surface area contributed by atoms with Gasteiger partial charge in [0, 0.05) is 6.42 Å². The molecule has 0 heterocycles. The lowest BCUT2D eigenvalue weighted by molar-refractivity contribution is -0.169. The van der Waals surface area contributed by atoms with Gasteiger partial charge in [0.1, 0.15) is 0 Å². The maximum Gasteiger partial charge on any atom is 0.336 e. The van der Waals surface area contributed by atoms with E-state index in [1.807, 2.05) is 32.0 Å². The maximum absolute atomic E-state index is 11.6. The Bertz CT molecular complexity index is 439. The number of hydrogen-bond acceptors (Lipinski definition) is 2. The standard InChI is InChI=1S/C15H20O3/c1-11(2)10-18-15(14(16)17)8-7-12-5-3-4-6-13(12)9-15/h3-6,11H,7-10H2,1-2H3,(H,16,17). The van der Waals surface area contributed by atoms with Gasteiger partial charge in [0.15, 0.2) is 5.60 Å². The van der Waals surface area contributed by atoms with E-state index in [9.17, 15) is 9.90 Å². The molecule has 1 aliphatic rings. The van der Waals surface area contributed by atoms with Crippen molar-refractivity contribution in [2.24, 2.45) is 5.92 Å². The first-order valence-electron chi connectivity index (χ1n) is 6.48. The van der Waals surface area contributed by atoms with E-state index < -0.39 is 11.6 Å². The summed E-state index contributed by atoms with van der Waals surface area (Å²) in [5, 5.41) is 9.50. The van der Waals surface area contributed by atoms with Crippen LogP contribution < -0.4 is 0 Å². The molecule has 0 amide bonds. The number of rotatable bonds is 4. The van der Waals surface area contributed by atoms with Gasteiger partial charge in [-0.1, -0.05) is 38.1 Å². The van der Waals surface area contributed by atoms with Crippen molar-refractivity contribution < 1.29 is 14.6 Å². The van der Waals surface area contributed by atoms with E-state index in [0.717, 1.165) is 12.0 Å². The van der Waals surface area contributed by atoms with Gasteiger partial charge in [-0.2, -0.15) is 0 Å². The van der Waals surface area contributed by atoms with Crippen molar-refractivity contribution in [3.63, 3.8) is 0 Å². The molecule has 1 N–H and O–H groups in total. The number of aryl methyl sites for hydroxylation is 1. The molecule has 0 bridgehead atoms. The normalized spacial score (nSPS) is 22.8. The van der Waals surface area contributed by atoms with E-state index in [1.165, 1.54) is 5.56 Å². The van der Waals surface area contributed by atoms with Gasteiger partial charge in [-0.25, -0.2) is 4.79 Å². The molecule has 1 unspecified atom stereocenters. The molecular formula is C15H20O3. The second kappa shape index (κ2) is 5.11. The van der Waals surface area contributed by atoms with Crippen molar-refractivity contribution in [1.29, 1.82) is 0 Å². The fourth-order valence-corrected chi connectivity index (χ4v) is 2.40. The highest BCUT2D eigenvalue weighted by Gasteiger charge is 2.42. The summed E-state index contributed by atoms with van der Waals surface area (Å²) in [4.78, 5) is 11.6. The predicted molar refractivity (Wildman–Crippen MR) is 69.6 cm³/mol. The van der Waals surface area contributed by atoms with Crippen LogP contribution in [0.15, 0.2) is 24.3 Å². The van der Waals surface area contributed by atoms with Gasteiger partial charge >= 0.3 is 5.97 Å². The van der Waals surface area contributed by atoms with Gasteiger partial charge in [-0.15, -0.1) is 0 Å². The zero-order valence-electron chi connectivity index (χ0n) is 11.0. The monoisotopic (exact) mass is 248 g/mol. The van der Waals surface area contributed by atoms with Crippen molar-refractivity contribution in [1.82, 2.24) is 0 Å². The minimum Gasteiger partial charge on any atom is -0.479 e. The Hall–Kier alpha value is -1.35. The Morgan fingerprint density at radius 3 is 2.67 bits per heavy atom. The molecule has 0 fully saturated rings. The fourth-order valence-electron chi connectivity index (χ4n) is 2.40. The second-order valence-corrected chi connectivity index (χ2v) is 5.45. The number of carboxylic acids is 1. The molecule has 18 heavy (non-hydrogen) atoms. The van der Waals surface area contributed by atoms with E-state index >= 15 is 0 Å². The number of carbonyl (C=O) groups is 1. The minimum atomic E-state index is -1.03. The van der Waals surface area contributed by atoms with E-state index in [1.54, 1.807) is 0 Å². The van der Waals surface area contributed by atoms with Crippen LogP contribution in [0.4, 0.5) is 0 Å². The summed E-state index contributed by atoms with van der Waals surface area (Å²) in [6, 6.07) is 8.04. The Morgan fingerprint density at radius 2 is 2.06 bits per heavy atom. The lowest BCUT2D eigenvalue weighted by Gasteiger charge is -2.35. The Balaban J connectivity index is 2.21. The van der Waals surface area contributed by atoms with Gasteiger partial charge in [0.2, 0.25) is 0 Å². The molecule has 0 saturated carbocycles. The van der Waals surface area contributed by atoms with Gasteiger partial charge in [-0.3, -0.25) is 0 Å². The molecule has 0 aromatic heterocycles. The topological polar surface area (TPSA) is 46.5 Å². The molecule has 1 aliphatic carbocycles. The summed E-state index contributed by atoms with van der Waals surface area (Å²) >= 11 is 0. The number of ether oxygens (including phenoxy) is 1. The molecule has 0 saturated heterocycles. The van der Waals surface area contributed by atoms with E-state index in [0.29, 0.717) is 25.4 Å². The van der Waals surface area contributed by atoms with Crippen LogP contribution in [0, 0.1) is 5.92 Å². The quantitative estimate of drug-likeness (QED) is 0.891. The van der Waals surface area contributed by atoms with Crippen LogP contribution in [0.2, 0.25) is 0 Å². The average molecular weight is 248 g/mol. The third-order valence-corrected chi connectivity index (χ3v) is 3.48. The van der Waals surface area contributed by atoms with E-state index in [2.05, 4.69) is 6.07 Å². The van der Waals surface area contributed by atoms with Crippen molar-refractivity contribution in [2.75, 3.05) is 6.61 Å². The predicted octanol–water partition coefficient (Wildman–Crippen LogP) is 2.67. The van der Waals surface area contributed by atoms with Gasteiger partial charge < -0.3 is 9.84 Å². The smallest absolute Gasteiger partial charge is 0.336 e. The van der Waals surface area contributed by atoms with Crippen LogP contribution in [-0.2, 0) is 22.4 Å². The molecule has 0 radical (unpaired) electrons. The summed E-state index contributed by atoms with van der Waals surface area (Å²) in [6.07, 6.45) is 1.82. The van der Waals surface area contributed by atoms with Crippen LogP contribution in [-0.4, -0.2) is 23.3 Å². The van der Waals surface area contributed by atoms with E-state index in [-0.39, 0.29) is 0 Å². The summed E-state index contributed by atoms with van der Waals surface area (Å²) in [6.45, 7) is 4.56. The Labute approximate surface area is 108 Å². The number of fused-ring (bicyclic) bond motifs is 1. The van der Waals surface area contributed by atoms with Crippen molar-refractivity contribution in [3.05, 3.63) is 35.4 Å². The number of hydrogen-bond donors (Lipinski definition) is 1. The van der Waals surface area contributed by atoms with Crippen molar-refractivity contribution in [2.45, 2.75) is 38.7 Å². The van der Waals surface area contributed by atoms with Crippen LogP contribution in [0.5, 0.6) is 0 Å².